The number of anilines is 3. The first kappa shape index (κ1) is 65.5. The summed E-state index contributed by atoms with van der Waals surface area (Å²) in [6.45, 7) is 0. The van der Waals surface area contributed by atoms with Crippen LogP contribution in [0.1, 0.15) is 0 Å². The van der Waals surface area contributed by atoms with E-state index < -0.39 is 0 Å². The Morgan fingerprint density at radius 1 is 0.172 bits per heavy atom. The highest BCUT2D eigenvalue weighted by atomic mass is 32.1. The standard InChI is InChI=1S/C54H35N3O.C54H32N2OS/c1-4-14-38(15-5-1)55(39-16-6-2-7-17-39)42-29-31-50-46(33-42)47-35-54-48(45-21-11-13-23-53(45)58-54)34-52(47)57(50)41-27-24-36(25-28-41)37-26-30-44-43-20-10-12-22-49(43)56(51(44)32-37)40-18-8-3-9-19-40;1-2-10-37(11-3-1)55-47-15-7-4-12-39(47)40-25-20-35(29-49(40)55)33-18-23-38(24-19-33)56-48-27-22-34(36-21-26-42-41-13-5-8-16-51(41)57-52(42)30-36)28-44(48)45-32-54-46(31-50(45)56)43-14-6-9-17-53(43)58-54/h1-35H;1-32H. The van der Waals surface area contributed by atoms with Crippen LogP contribution in [0.15, 0.2) is 415 Å². The Kier molecular flexibility index (Phi) is 14.8. The normalized spacial score (nSPS) is 12.0. The van der Waals surface area contributed by atoms with Crippen molar-refractivity contribution >= 4 is 180 Å². The van der Waals surface area contributed by atoms with Crippen LogP contribution in [0, 0.1) is 0 Å². The molecule has 0 saturated heterocycles. The largest absolute Gasteiger partial charge is 0.456 e. The molecule has 0 saturated carbocycles. The summed E-state index contributed by atoms with van der Waals surface area (Å²) < 4.78 is 25.0. The maximum atomic E-state index is 6.47. The molecule has 0 aliphatic heterocycles. The van der Waals surface area contributed by atoms with Crippen LogP contribution in [0.25, 0.3) is 207 Å². The van der Waals surface area contributed by atoms with Gasteiger partial charge in [-0.05, 0) is 215 Å². The third-order valence-electron chi connectivity index (χ3n) is 23.8. The number of hydrogen-bond acceptors (Lipinski definition) is 4. The maximum Gasteiger partial charge on any atom is 0.136 e. The van der Waals surface area contributed by atoms with Crippen molar-refractivity contribution in [3.63, 3.8) is 0 Å². The van der Waals surface area contributed by atoms with Gasteiger partial charge in [-0.1, -0.05) is 224 Å². The van der Waals surface area contributed by atoms with Gasteiger partial charge in [0.1, 0.15) is 22.3 Å². The number of thiophene rings is 1. The molecule has 7 aromatic heterocycles. The predicted molar refractivity (Wildman–Crippen MR) is 489 cm³/mol. The number of benzene rings is 18. The minimum atomic E-state index is 0.889. The monoisotopic (exact) mass is 1500 g/mol. The molecule has 0 radical (unpaired) electrons. The second kappa shape index (κ2) is 26.2. The summed E-state index contributed by atoms with van der Waals surface area (Å²) in [6, 6.07) is 147. The number of para-hydroxylation sites is 8. The van der Waals surface area contributed by atoms with Crippen molar-refractivity contribution in [3.05, 3.63) is 406 Å². The Morgan fingerprint density at radius 3 is 1.09 bits per heavy atom. The highest BCUT2D eigenvalue weighted by molar-refractivity contribution is 7.25. The van der Waals surface area contributed by atoms with Crippen LogP contribution < -0.4 is 4.90 Å². The minimum Gasteiger partial charge on any atom is -0.456 e. The molecule has 0 spiro atoms. The van der Waals surface area contributed by atoms with E-state index in [0.717, 1.165) is 105 Å². The summed E-state index contributed by atoms with van der Waals surface area (Å²) >= 11 is 1.87. The van der Waals surface area contributed by atoms with Gasteiger partial charge in [0, 0.05) is 125 Å². The lowest BCUT2D eigenvalue weighted by Crippen LogP contribution is -2.09. The summed E-state index contributed by atoms with van der Waals surface area (Å²) in [5.74, 6) is 0. The zero-order valence-corrected chi connectivity index (χ0v) is 63.5. The van der Waals surface area contributed by atoms with E-state index in [1.807, 2.05) is 29.5 Å². The molecule has 0 bridgehead atoms. The van der Waals surface area contributed by atoms with E-state index in [0.29, 0.717) is 0 Å². The molecule has 25 aromatic rings. The minimum absolute atomic E-state index is 0.889. The second-order valence-electron chi connectivity index (χ2n) is 30.3. The predicted octanol–water partition coefficient (Wildman–Crippen LogP) is 30.4. The third kappa shape index (κ3) is 10.4. The summed E-state index contributed by atoms with van der Waals surface area (Å²) in [6.07, 6.45) is 0. The van der Waals surface area contributed by atoms with Crippen LogP contribution in [0.4, 0.5) is 17.1 Å². The Labute approximate surface area is 669 Å². The lowest BCUT2D eigenvalue weighted by molar-refractivity contribution is 0.669. The van der Waals surface area contributed by atoms with Crippen molar-refractivity contribution in [2.45, 2.75) is 0 Å². The van der Waals surface area contributed by atoms with Gasteiger partial charge in [0.05, 0.1) is 44.1 Å². The van der Waals surface area contributed by atoms with E-state index in [-0.39, 0.29) is 0 Å². The number of fused-ring (bicyclic) bond motifs is 21. The quantitative estimate of drug-likeness (QED) is 0.137. The van der Waals surface area contributed by atoms with Crippen LogP contribution in [0.5, 0.6) is 0 Å². The molecule has 0 amide bonds. The molecule has 7 nitrogen and oxygen atoms in total. The second-order valence-corrected chi connectivity index (χ2v) is 31.4. The first-order valence-electron chi connectivity index (χ1n) is 39.5. The van der Waals surface area contributed by atoms with Crippen molar-refractivity contribution in [1.29, 1.82) is 0 Å². The van der Waals surface area contributed by atoms with Gasteiger partial charge in [0.15, 0.2) is 0 Å². The zero-order chi connectivity index (χ0) is 76.1. The van der Waals surface area contributed by atoms with Crippen LogP contribution in [-0.2, 0) is 0 Å². The number of aromatic nitrogens is 4. The molecule has 0 aliphatic carbocycles. The Morgan fingerprint density at radius 2 is 0.526 bits per heavy atom. The van der Waals surface area contributed by atoms with Gasteiger partial charge in [-0.15, -0.1) is 11.3 Å². The fourth-order valence-electron chi connectivity index (χ4n) is 18.5. The Balaban J connectivity index is 0.000000133. The van der Waals surface area contributed by atoms with Crippen molar-refractivity contribution in [2.75, 3.05) is 4.90 Å². The maximum absolute atomic E-state index is 6.47. The van der Waals surface area contributed by atoms with Crippen molar-refractivity contribution < 1.29 is 8.83 Å². The van der Waals surface area contributed by atoms with Crippen LogP contribution >= 0.6 is 11.3 Å². The van der Waals surface area contributed by atoms with E-state index in [1.165, 1.54) is 119 Å². The van der Waals surface area contributed by atoms with Gasteiger partial charge in [-0.3, -0.25) is 0 Å². The number of hydrogen-bond donors (Lipinski definition) is 0. The SMILES string of the molecule is c1ccc(-n2c3ccccc3c3ccc(-c4ccc(-n5c6ccc(-c7ccc8c(c7)oc7ccccc78)cc6c6cc7sc8ccccc8c7cc65)cc4)cc32)cc1.c1ccc(N(c2ccccc2)c2ccc3c(c2)c2cc4oc5ccccc5c4cc2n3-c2ccc(-c3ccc4c5ccccc5n(-c5ccccc5)c4c3)cc2)cc1. The van der Waals surface area contributed by atoms with E-state index >= 15 is 0 Å². The summed E-state index contributed by atoms with van der Waals surface area (Å²) in [5.41, 5.74) is 28.0. The average Bonchev–Trinajstić information content (AvgIpc) is 1.56. The summed E-state index contributed by atoms with van der Waals surface area (Å²) in [4.78, 5) is 2.32. The van der Waals surface area contributed by atoms with Gasteiger partial charge in [-0.25, -0.2) is 0 Å². The summed E-state index contributed by atoms with van der Waals surface area (Å²) in [7, 11) is 0. The first-order valence-corrected chi connectivity index (χ1v) is 40.3. The molecule has 116 heavy (non-hydrogen) atoms. The molecule has 0 unspecified atom stereocenters. The molecule has 8 heteroatoms. The third-order valence-corrected chi connectivity index (χ3v) is 24.9. The van der Waals surface area contributed by atoms with Crippen molar-refractivity contribution in [1.82, 2.24) is 18.3 Å². The molecular weight excluding hydrogens is 1430 g/mol. The zero-order valence-electron chi connectivity index (χ0n) is 62.6. The van der Waals surface area contributed by atoms with E-state index in [1.54, 1.807) is 0 Å². The van der Waals surface area contributed by atoms with Crippen molar-refractivity contribution in [3.8, 4) is 56.1 Å². The van der Waals surface area contributed by atoms with Gasteiger partial charge in [0.25, 0.3) is 0 Å². The molecular formula is C108H67N5O2S. The fourth-order valence-corrected chi connectivity index (χ4v) is 19.6. The van der Waals surface area contributed by atoms with Crippen LogP contribution in [0.2, 0.25) is 0 Å². The highest BCUT2D eigenvalue weighted by Gasteiger charge is 2.24. The summed E-state index contributed by atoms with van der Waals surface area (Å²) in [5, 5.41) is 17.0. The van der Waals surface area contributed by atoms with E-state index in [4.69, 9.17) is 8.83 Å². The number of rotatable bonds is 10. The van der Waals surface area contributed by atoms with E-state index in [2.05, 4.69) is 411 Å². The molecule has 0 aliphatic rings. The molecule has 0 N–H and O–H groups in total. The Bertz CT molecular complexity index is 8210. The van der Waals surface area contributed by atoms with Crippen LogP contribution in [0.3, 0.4) is 0 Å². The van der Waals surface area contributed by atoms with Crippen molar-refractivity contribution in [2.24, 2.45) is 0 Å². The molecule has 0 fully saturated rings. The molecule has 25 rings (SSSR count). The average molecular weight is 1500 g/mol. The smallest absolute Gasteiger partial charge is 0.136 e. The van der Waals surface area contributed by atoms with Crippen LogP contribution in [-0.4, -0.2) is 18.3 Å². The molecule has 0 atom stereocenters. The van der Waals surface area contributed by atoms with E-state index in [9.17, 15) is 0 Å². The van der Waals surface area contributed by atoms with Gasteiger partial charge in [0.2, 0.25) is 0 Å². The molecule has 542 valence electrons. The number of nitrogens with zero attached hydrogens (tertiary/aromatic N) is 5. The topological polar surface area (TPSA) is 49.2 Å². The highest BCUT2D eigenvalue weighted by Crippen LogP contribution is 2.47. The molecule has 18 aromatic carbocycles. The molecule has 7 heterocycles. The Hall–Kier alpha value is -15.2. The van der Waals surface area contributed by atoms with Gasteiger partial charge in [-0.2, -0.15) is 0 Å². The lowest BCUT2D eigenvalue weighted by Gasteiger charge is -2.25. The van der Waals surface area contributed by atoms with Gasteiger partial charge < -0.3 is 32.0 Å². The lowest BCUT2D eigenvalue weighted by atomic mass is 10.0. The fraction of sp³-hybridized carbons (Fsp3) is 0. The number of furan rings is 2. The van der Waals surface area contributed by atoms with Gasteiger partial charge >= 0.3 is 0 Å². The first-order chi connectivity index (χ1) is 57.5.